The molecule has 1 atom stereocenters. The van der Waals surface area contributed by atoms with Gasteiger partial charge in [0.2, 0.25) is 0 Å². The van der Waals surface area contributed by atoms with E-state index >= 15 is 0 Å². The topological polar surface area (TPSA) is 24.9 Å². The zero-order valence-electron chi connectivity index (χ0n) is 9.80. The van der Waals surface area contributed by atoms with E-state index in [1.807, 2.05) is 0 Å². The molecular weight excluding hydrogens is 220 g/mol. The smallest absolute Gasteiger partial charge is 0.126 e. The van der Waals surface area contributed by atoms with Gasteiger partial charge in [-0.25, -0.2) is 4.98 Å². The van der Waals surface area contributed by atoms with Gasteiger partial charge in [0.1, 0.15) is 5.82 Å². The summed E-state index contributed by atoms with van der Waals surface area (Å²) in [5, 5.41) is 3.44. The molecule has 2 rings (SSSR count). The number of hydrogen-bond acceptors (Lipinski definition) is 2. The number of rotatable bonds is 5. The van der Waals surface area contributed by atoms with Gasteiger partial charge in [0.05, 0.1) is 0 Å². The van der Waals surface area contributed by atoms with Gasteiger partial charge in [-0.15, -0.1) is 11.6 Å². The van der Waals surface area contributed by atoms with Crippen LogP contribution in [0.2, 0.25) is 0 Å². The normalized spacial score (nSPS) is 15.9. The van der Waals surface area contributed by atoms with Crippen molar-refractivity contribution in [2.45, 2.75) is 45.1 Å². The highest BCUT2D eigenvalue weighted by atomic mass is 35.5. The van der Waals surface area contributed by atoms with Crippen LogP contribution in [0.25, 0.3) is 0 Å². The fraction of sp³-hybridized carbons (Fsp3) is 0.615. The van der Waals surface area contributed by atoms with Gasteiger partial charge in [0, 0.05) is 17.6 Å². The summed E-state index contributed by atoms with van der Waals surface area (Å²) in [4.78, 5) is 4.66. The lowest BCUT2D eigenvalue weighted by molar-refractivity contribution is 0.690. The molecular formula is C13H19ClN2. The number of pyridine rings is 1. The van der Waals surface area contributed by atoms with Gasteiger partial charge in [-0.1, -0.05) is 6.07 Å². The molecule has 1 unspecified atom stereocenters. The lowest BCUT2D eigenvalue weighted by Gasteiger charge is -2.14. The van der Waals surface area contributed by atoms with E-state index in [0.717, 1.165) is 31.0 Å². The molecule has 0 aromatic carbocycles. The Morgan fingerprint density at radius 2 is 2.31 bits per heavy atom. The molecule has 88 valence electrons. The first-order chi connectivity index (χ1) is 7.79. The van der Waals surface area contributed by atoms with Gasteiger partial charge in [0.15, 0.2) is 0 Å². The quantitative estimate of drug-likeness (QED) is 0.796. The van der Waals surface area contributed by atoms with Gasteiger partial charge in [-0.05, 0) is 50.7 Å². The maximum Gasteiger partial charge on any atom is 0.126 e. The van der Waals surface area contributed by atoms with E-state index in [1.54, 1.807) is 0 Å². The fourth-order valence-electron chi connectivity index (χ4n) is 2.21. The molecule has 1 aliphatic rings. The second-order valence-corrected chi connectivity index (χ2v) is 4.91. The molecule has 0 saturated carbocycles. The third kappa shape index (κ3) is 2.88. The van der Waals surface area contributed by atoms with Crippen LogP contribution in [0.3, 0.4) is 0 Å². The number of halogens is 1. The molecule has 1 N–H and O–H groups in total. The number of hydrogen-bond donors (Lipinski definition) is 1. The number of alkyl halides is 1. The monoisotopic (exact) mass is 238 g/mol. The molecule has 0 saturated heterocycles. The Balaban J connectivity index is 1.94. The first-order valence-electron chi connectivity index (χ1n) is 6.11. The minimum atomic E-state index is 0.450. The minimum absolute atomic E-state index is 0.450. The predicted octanol–water partition coefficient (Wildman–Crippen LogP) is 3.39. The van der Waals surface area contributed by atoms with Crippen molar-refractivity contribution in [1.29, 1.82) is 0 Å². The lowest BCUT2D eigenvalue weighted by Crippen LogP contribution is -2.16. The predicted molar refractivity (Wildman–Crippen MR) is 69.3 cm³/mol. The number of nitrogens with zero attached hydrogens (tertiary/aromatic N) is 1. The molecule has 1 aromatic rings. The van der Waals surface area contributed by atoms with E-state index < -0.39 is 0 Å². The number of anilines is 1. The van der Waals surface area contributed by atoms with E-state index in [4.69, 9.17) is 11.6 Å². The molecule has 0 fully saturated rings. The van der Waals surface area contributed by atoms with Crippen LogP contribution in [-0.2, 0) is 12.8 Å². The summed E-state index contributed by atoms with van der Waals surface area (Å²) in [7, 11) is 0. The zero-order valence-corrected chi connectivity index (χ0v) is 10.6. The summed E-state index contributed by atoms with van der Waals surface area (Å²) in [6.07, 6.45) is 5.75. The van der Waals surface area contributed by atoms with Crippen LogP contribution < -0.4 is 5.32 Å². The average Bonchev–Trinajstić information content (AvgIpc) is 2.73. The zero-order chi connectivity index (χ0) is 11.4. The van der Waals surface area contributed by atoms with E-state index in [0.29, 0.717) is 6.04 Å². The van der Waals surface area contributed by atoms with Crippen molar-refractivity contribution in [1.82, 2.24) is 4.98 Å². The second kappa shape index (κ2) is 5.53. The van der Waals surface area contributed by atoms with Crippen molar-refractivity contribution >= 4 is 17.4 Å². The molecule has 0 amide bonds. The highest BCUT2D eigenvalue weighted by Crippen LogP contribution is 2.22. The Hall–Kier alpha value is -0.760. The highest BCUT2D eigenvalue weighted by Gasteiger charge is 2.12. The number of fused-ring (bicyclic) bond motifs is 1. The van der Waals surface area contributed by atoms with Gasteiger partial charge < -0.3 is 5.32 Å². The Labute approximate surface area is 102 Å². The van der Waals surface area contributed by atoms with Crippen molar-refractivity contribution in [3.63, 3.8) is 0 Å². The van der Waals surface area contributed by atoms with E-state index in [2.05, 4.69) is 29.4 Å². The van der Waals surface area contributed by atoms with Crippen molar-refractivity contribution in [3.05, 3.63) is 23.4 Å². The largest absolute Gasteiger partial charge is 0.368 e. The summed E-state index contributed by atoms with van der Waals surface area (Å²) in [5.74, 6) is 1.76. The molecule has 0 radical (unpaired) electrons. The number of aromatic nitrogens is 1. The van der Waals surface area contributed by atoms with E-state index in [-0.39, 0.29) is 0 Å². The first kappa shape index (κ1) is 11.7. The van der Waals surface area contributed by atoms with Gasteiger partial charge in [0.25, 0.3) is 0 Å². The molecule has 1 heterocycles. The molecule has 3 heteroatoms. The average molecular weight is 239 g/mol. The SMILES string of the molecule is CC(CCCCl)Nc1ccc2c(n1)CCC2. The maximum atomic E-state index is 5.68. The number of nitrogens with one attached hydrogen (secondary N) is 1. The molecule has 2 nitrogen and oxygen atoms in total. The standard InChI is InChI=1S/C13H19ClN2/c1-10(4-3-9-14)15-13-8-7-11-5-2-6-12(11)16-13/h7-8,10H,2-6,9H2,1H3,(H,15,16). The van der Waals surface area contributed by atoms with E-state index in [9.17, 15) is 0 Å². The van der Waals surface area contributed by atoms with Crippen LogP contribution in [0.15, 0.2) is 12.1 Å². The summed E-state index contributed by atoms with van der Waals surface area (Å²) in [6.45, 7) is 2.18. The molecule has 0 bridgehead atoms. The van der Waals surface area contributed by atoms with Crippen molar-refractivity contribution in [2.24, 2.45) is 0 Å². The lowest BCUT2D eigenvalue weighted by atomic mass is 10.2. The molecule has 0 aliphatic heterocycles. The molecule has 1 aromatic heterocycles. The van der Waals surface area contributed by atoms with Crippen molar-refractivity contribution < 1.29 is 0 Å². The van der Waals surface area contributed by atoms with Gasteiger partial charge in [-0.2, -0.15) is 0 Å². The van der Waals surface area contributed by atoms with Crippen molar-refractivity contribution in [3.8, 4) is 0 Å². The fourth-order valence-corrected chi connectivity index (χ4v) is 2.36. The second-order valence-electron chi connectivity index (χ2n) is 4.53. The third-order valence-corrected chi connectivity index (χ3v) is 3.36. The van der Waals surface area contributed by atoms with Gasteiger partial charge in [-0.3, -0.25) is 0 Å². The summed E-state index contributed by atoms with van der Waals surface area (Å²) < 4.78 is 0. The van der Waals surface area contributed by atoms with Crippen LogP contribution in [0.1, 0.15) is 37.4 Å². The Morgan fingerprint density at radius 3 is 3.12 bits per heavy atom. The maximum absolute atomic E-state index is 5.68. The van der Waals surface area contributed by atoms with Gasteiger partial charge >= 0.3 is 0 Å². The highest BCUT2D eigenvalue weighted by molar-refractivity contribution is 6.17. The van der Waals surface area contributed by atoms with Crippen LogP contribution in [0, 0.1) is 0 Å². The van der Waals surface area contributed by atoms with Crippen LogP contribution in [0.4, 0.5) is 5.82 Å². The summed E-state index contributed by atoms with van der Waals surface area (Å²) in [6, 6.07) is 4.76. The van der Waals surface area contributed by atoms with Crippen molar-refractivity contribution in [2.75, 3.05) is 11.2 Å². The Bertz CT molecular complexity index is 352. The Kier molecular flexibility index (Phi) is 4.05. The first-order valence-corrected chi connectivity index (χ1v) is 6.64. The molecule has 16 heavy (non-hydrogen) atoms. The molecule has 1 aliphatic carbocycles. The number of aryl methyl sites for hydroxylation is 2. The molecule has 0 spiro atoms. The van der Waals surface area contributed by atoms with Crippen LogP contribution >= 0.6 is 11.6 Å². The minimum Gasteiger partial charge on any atom is -0.368 e. The summed E-state index contributed by atoms with van der Waals surface area (Å²) >= 11 is 5.68. The van der Waals surface area contributed by atoms with E-state index in [1.165, 1.54) is 24.1 Å². The van der Waals surface area contributed by atoms with Crippen LogP contribution in [-0.4, -0.2) is 16.9 Å². The van der Waals surface area contributed by atoms with Crippen LogP contribution in [0.5, 0.6) is 0 Å². The Morgan fingerprint density at radius 1 is 1.44 bits per heavy atom. The third-order valence-electron chi connectivity index (χ3n) is 3.09. The summed E-state index contributed by atoms with van der Waals surface area (Å²) in [5.41, 5.74) is 2.72.